The number of aromatic nitrogens is 1. The molecule has 0 amide bonds. The Balaban J connectivity index is 1.67. The molecular formula is C18H15NO3. The maximum atomic E-state index is 12.2. The number of benzene rings is 2. The Labute approximate surface area is 127 Å². The van der Waals surface area contributed by atoms with Gasteiger partial charge < -0.3 is 4.42 Å². The first-order valence-electron chi connectivity index (χ1n) is 7.10. The monoisotopic (exact) mass is 293 g/mol. The molecule has 110 valence electrons. The molecule has 3 aromatic rings. The topological polar surface area (TPSA) is 60.2 Å². The van der Waals surface area contributed by atoms with Crippen molar-refractivity contribution in [2.75, 3.05) is 0 Å². The molecule has 0 aliphatic rings. The lowest BCUT2D eigenvalue weighted by Gasteiger charge is -2.03. The van der Waals surface area contributed by atoms with E-state index in [1.807, 2.05) is 25.1 Å². The van der Waals surface area contributed by atoms with Gasteiger partial charge in [0, 0.05) is 24.0 Å². The summed E-state index contributed by atoms with van der Waals surface area (Å²) in [6, 6.07) is 12.5. The van der Waals surface area contributed by atoms with Crippen molar-refractivity contribution in [2.24, 2.45) is 0 Å². The van der Waals surface area contributed by atoms with Crippen LogP contribution in [-0.4, -0.2) is 16.6 Å². The molecule has 0 bridgehead atoms. The second-order valence-corrected chi connectivity index (χ2v) is 5.25. The van der Waals surface area contributed by atoms with Crippen molar-refractivity contribution < 1.29 is 14.0 Å². The van der Waals surface area contributed by atoms with E-state index in [0.717, 1.165) is 5.56 Å². The van der Waals surface area contributed by atoms with Gasteiger partial charge in [-0.25, -0.2) is 4.98 Å². The van der Waals surface area contributed by atoms with Crippen molar-refractivity contribution in [2.45, 2.75) is 19.8 Å². The van der Waals surface area contributed by atoms with E-state index in [2.05, 4.69) is 4.98 Å². The van der Waals surface area contributed by atoms with Gasteiger partial charge in [-0.3, -0.25) is 9.59 Å². The van der Waals surface area contributed by atoms with E-state index in [1.54, 1.807) is 24.3 Å². The molecule has 1 aromatic heterocycles. The molecule has 0 aliphatic heterocycles. The Kier molecular flexibility index (Phi) is 3.83. The number of oxazole rings is 1. The van der Waals surface area contributed by atoms with E-state index in [1.165, 1.54) is 6.39 Å². The highest BCUT2D eigenvalue weighted by atomic mass is 16.3. The third-order valence-corrected chi connectivity index (χ3v) is 3.57. The fourth-order valence-electron chi connectivity index (χ4n) is 2.37. The number of ketones is 2. The van der Waals surface area contributed by atoms with Crippen molar-refractivity contribution >= 4 is 22.7 Å². The van der Waals surface area contributed by atoms with E-state index in [9.17, 15) is 9.59 Å². The average molecular weight is 293 g/mol. The smallest absolute Gasteiger partial charge is 0.181 e. The molecule has 3 rings (SSSR count). The van der Waals surface area contributed by atoms with Crippen LogP contribution < -0.4 is 0 Å². The summed E-state index contributed by atoms with van der Waals surface area (Å²) in [5, 5.41) is 0. The van der Waals surface area contributed by atoms with E-state index in [4.69, 9.17) is 4.42 Å². The molecule has 0 aliphatic carbocycles. The third-order valence-electron chi connectivity index (χ3n) is 3.57. The van der Waals surface area contributed by atoms with Crippen LogP contribution in [0.2, 0.25) is 0 Å². The molecule has 22 heavy (non-hydrogen) atoms. The van der Waals surface area contributed by atoms with Gasteiger partial charge in [0.1, 0.15) is 5.52 Å². The zero-order chi connectivity index (χ0) is 15.5. The maximum Gasteiger partial charge on any atom is 0.181 e. The first-order valence-corrected chi connectivity index (χ1v) is 7.10. The SMILES string of the molecule is Cc1cccc(C(=O)CCC(=O)c2ccc3ocnc3c2)c1. The summed E-state index contributed by atoms with van der Waals surface area (Å²) in [5.74, 6) is -0.0783. The minimum absolute atomic E-state index is 0.0143. The Bertz CT molecular complexity index is 848. The lowest BCUT2D eigenvalue weighted by molar-refractivity contribution is 0.0917. The minimum Gasteiger partial charge on any atom is -0.443 e. The molecule has 0 N–H and O–H groups in total. The van der Waals surface area contributed by atoms with Crippen LogP contribution in [0, 0.1) is 6.92 Å². The summed E-state index contributed by atoms with van der Waals surface area (Å²) in [7, 11) is 0. The highest BCUT2D eigenvalue weighted by molar-refractivity contribution is 6.03. The first kappa shape index (κ1) is 14.2. The fraction of sp³-hybridized carbons (Fsp3) is 0.167. The molecule has 4 nitrogen and oxygen atoms in total. The number of aryl methyl sites for hydroxylation is 1. The van der Waals surface area contributed by atoms with Crippen molar-refractivity contribution in [3.63, 3.8) is 0 Å². The van der Waals surface area contributed by atoms with Gasteiger partial charge in [-0.2, -0.15) is 0 Å². The summed E-state index contributed by atoms with van der Waals surface area (Å²) < 4.78 is 5.14. The Morgan fingerprint density at radius 1 is 1.00 bits per heavy atom. The highest BCUT2D eigenvalue weighted by Gasteiger charge is 2.12. The predicted molar refractivity (Wildman–Crippen MR) is 83.1 cm³/mol. The number of nitrogens with zero attached hydrogens (tertiary/aromatic N) is 1. The van der Waals surface area contributed by atoms with E-state index in [0.29, 0.717) is 22.2 Å². The second kappa shape index (κ2) is 5.93. The van der Waals surface area contributed by atoms with Crippen LogP contribution in [0.3, 0.4) is 0 Å². The van der Waals surface area contributed by atoms with Crippen LogP contribution in [0.5, 0.6) is 0 Å². The Morgan fingerprint density at radius 2 is 1.73 bits per heavy atom. The molecule has 0 fully saturated rings. The summed E-state index contributed by atoms with van der Waals surface area (Å²) >= 11 is 0. The Morgan fingerprint density at radius 3 is 2.45 bits per heavy atom. The van der Waals surface area contributed by atoms with Gasteiger partial charge in [0.15, 0.2) is 23.5 Å². The molecule has 1 heterocycles. The van der Waals surface area contributed by atoms with E-state index >= 15 is 0 Å². The number of hydrogen-bond acceptors (Lipinski definition) is 4. The Hall–Kier alpha value is -2.75. The second-order valence-electron chi connectivity index (χ2n) is 5.25. The van der Waals surface area contributed by atoms with Crippen LogP contribution in [0.1, 0.15) is 39.1 Å². The third kappa shape index (κ3) is 2.96. The average Bonchev–Trinajstić information content (AvgIpc) is 2.99. The zero-order valence-electron chi connectivity index (χ0n) is 12.2. The summed E-state index contributed by atoms with van der Waals surface area (Å²) in [4.78, 5) is 28.4. The summed E-state index contributed by atoms with van der Waals surface area (Å²) in [6.07, 6.45) is 1.75. The molecule has 4 heteroatoms. The van der Waals surface area contributed by atoms with Crippen LogP contribution in [0.25, 0.3) is 11.1 Å². The molecule has 0 saturated carbocycles. The lowest BCUT2D eigenvalue weighted by Crippen LogP contribution is -2.05. The van der Waals surface area contributed by atoms with Crippen LogP contribution in [0.4, 0.5) is 0 Å². The van der Waals surface area contributed by atoms with E-state index in [-0.39, 0.29) is 24.4 Å². The van der Waals surface area contributed by atoms with Gasteiger partial charge in [0.2, 0.25) is 0 Å². The van der Waals surface area contributed by atoms with Crippen LogP contribution in [-0.2, 0) is 0 Å². The fourth-order valence-corrected chi connectivity index (χ4v) is 2.37. The molecule has 0 spiro atoms. The maximum absolute atomic E-state index is 12.2. The van der Waals surface area contributed by atoms with Gasteiger partial charge in [-0.1, -0.05) is 23.8 Å². The van der Waals surface area contributed by atoms with Crippen LogP contribution in [0.15, 0.2) is 53.3 Å². The molecule has 0 atom stereocenters. The van der Waals surface area contributed by atoms with Gasteiger partial charge in [-0.05, 0) is 31.2 Å². The predicted octanol–water partition coefficient (Wildman–Crippen LogP) is 3.98. The van der Waals surface area contributed by atoms with Crippen molar-refractivity contribution in [3.8, 4) is 0 Å². The minimum atomic E-state index is -0.0640. The zero-order valence-corrected chi connectivity index (χ0v) is 12.2. The number of hydrogen-bond donors (Lipinski definition) is 0. The van der Waals surface area contributed by atoms with Crippen molar-refractivity contribution in [1.29, 1.82) is 0 Å². The quantitative estimate of drug-likeness (QED) is 0.667. The van der Waals surface area contributed by atoms with Crippen molar-refractivity contribution in [3.05, 3.63) is 65.5 Å². The van der Waals surface area contributed by atoms with Gasteiger partial charge >= 0.3 is 0 Å². The van der Waals surface area contributed by atoms with Gasteiger partial charge in [-0.15, -0.1) is 0 Å². The molecular weight excluding hydrogens is 278 g/mol. The van der Waals surface area contributed by atoms with E-state index < -0.39 is 0 Å². The number of carbonyl (C=O) groups is 2. The van der Waals surface area contributed by atoms with Crippen LogP contribution >= 0.6 is 0 Å². The lowest BCUT2D eigenvalue weighted by atomic mass is 10.0. The molecule has 2 aromatic carbocycles. The normalized spacial score (nSPS) is 10.8. The highest BCUT2D eigenvalue weighted by Crippen LogP contribution is 2.16. The first-order chi connectivity index (χ1) is 10.6. The molecule has 0 unspecified atom stereocenters. The largest absolute Gasteiger partial charge is 0.443 e. The molecule has 0 saturated heterocycles. The standard InChI is InChI=1S/C18H15NO3/c1-12-3-2-4-13(9-12)16(20)6-7-17(21)14-5-8-18-15(10-14)19-11-22-18/h2-5,8-11H,6-7H2,1H3. The number of fused-ring (bicyclic) bond motifs is 1. The number of carbonyl (C=O) groups excluding carboxylic acids is 2. The number of Topliss-reactive ketones (excluding diaryl/α,β-unsaturated/α-hetero) is 2. The van der Waals surface area contributed by atoms with Crippen molar-refractivity contribution in [1.82, 2.24) is 4.98 Å². The summed E-state index contributed by atoms with van der Waals surface area (Å²) in [6.45, 7) is 1.94. The van der Waals surface area contributed by atoms with Gasteiger partial charge in [0.25, 0.3) is 0 Å². The van der Waals surface area contributed by atoms with Gasteiger partial charge in [0.05, 0.1) is 0 Å². The summed E-state index contributed by atoms with van der Waals surface area (Å²) in [5.41, 5.74) is 3.54. The molecule has 0 radical (unpaired) electrons. The number of rotatable bonds is 5.